The van der Waals surface area contributed by atoms with Gasteiger partial charge in [-0.1, -0.05) is 0 Å². The van der Waals surface area contributed by atoms with Gasteiger partial charge in [-0.05, 0) is 31.7 Å². The summed E-state index contributed by atoms with van der Waals surface area (Å²) in [6.07, 6.45) is 2.79. The van der Waals surface area contributed by atoms with Crippen LogP contribution in [0.2, 0.25) is 0 Å². The summed E-state index contributed by atoms with van der Waals surface area (Å²) in [6.45, 7) is 4.24. The molecule has 1 N–H and O–H groups in total. The minimum atomic E-state index is 0.377. The lowest BCUT2D eigenvalue weighted by molar-refractivity contribution is 0.167. The summed E-state index contributed by atoms with van der Waals surface area (Å²) in [6, 6.07) is 0. The van der Waals surface area contributed by atoms with E-state index in [1.54, 1.807) is 11.3 Å². The lowest BCUT2D eigenvalue weighted by Gasteiger charge is -2.23. The number of thiophene rings is 1. The van der Waals surface area contributed by atoms with Crippen molar-refractivity contribution in [3.63, 3.8) is 0 Å². The number of rotatable bonds is 2. The van der Waals surface area contributed by atoms with Crippen LogP contribution in [0.3, 0.4) is 0 Å². The van der Waals surface area contributed by atoms with Gasteiger partial charge in [-0.25, -0.2) is 0 Å². The molecule has 3 heteroatoms. The number of hydrogen-bond acceptors (Lipinski definition) is 3. The summed E-state index contributed by atoms with van der Waals surface area (Å²) in [5.41, 5.74) is 1.26. The van der Waals surface area contributed by atoms with Crippen molar-refractivity contribution in [2.45, 2.75) is 25.9 Å². The zero-order valence-electron chi connectivity index (χ0n) is 7.88. The molecule has 0 bridgehead atoms. The topological polar surface area (TPSA) is 21.3 Å². The average Bonchev–Trinajstić information content (AvgIpc) is 2.54. The van der Waals surface area contributed by atoms with Crippen molar-refractivity contribution >= 4 is 11.3 Å². The molecule has 2 nitrogen and oxygen atoms in total. The lowest BCUT2D eigenvalue weighted by Crippen LogP contribution is -2.37. The van der Waals surface area contributed by atoms with Gasteiger partial charge in [-0.15, -0.1) is 11.3 Å². The third-order valence-electron chi connectivity index (χ3n) is 2.35. The van der Waals surface area contributed by atoms with Gasteiger partial charge in [-0.2, -0.15) is 0 Å². The van der Waals surface area contributed by atoms with Gasteiger partial charge >= 0.3 is 0 Å². The molecule has 2 heterocycles. The van der Waals surface area contributed by atoms with Crippen LogP contribution in [0.5, 0.6) is 5.75 Å². The number of piperidine rings is 1. The molecule has 1 atom stereocenters. The number of nitrogens with one attached hydrogen (secondary N) is 1. The Labute approximate surface area is 82.9 Å². The fourth-order valence-electron chi connectivity index (χ4n) is 1.57. The molecule has 0 radical (unpaired) electrons. The van der Waals surface area contributed by atoms with Crippen LogP contribution in [-0.4, -0.2) is 19.2 Å². The second kappa shape index (κ2) is 4.11. The molecule has 1 aromatic rings. The Morgan fingerprint density at radius 3 is 3.08 bits per heavy atom. The van der Waals surface area contributed by atoms with Crippen LogP contribution in [0.25, 0.3) is 0 Å². The van der Waals surface area contributed by atoms with Gasteiger partial charge in [0.2, 0.25) is 0 Å². The van der Waals surface area contributed by atoms with E-state index < -0.39 is 0 Å². The number of hydrogen-bond donors (Lipinski definition) is 1. The molecule has 0 aliphatic carbocycles. The van der Waals surface area contributed by atoms with Crippen molar-refractivity contribution in [2.24, 2.45) is 0 Å². The monoisotopic (exact) mass is 197 g/mol. The van der Waals surface area contributed by atoms with Crippen molar-refractivity contribution in [3.8, 4) is 5.75 Å². The molecule has 1 aliphatic heterocycles. The molecule has 2 rings (SSSR count). The maximum absolute atomic E-state index is 5.87. The maximum atomic E-state index is 5.87. The third-order valence-corrected chi connectivity index (χ3v) is 3.19. The van der Waals surface area contributed by atoms with Crippen LogP contribution in [0, 0.1) is 6.92 Å². The highest BCUT2D eigenvalue weighted by Gasteiger charge is 2.15. The Morgan fingerprint density at radius 1 is 1.54 bits per heavy atom. The Hall–Kier alpha value is -0.540. The quantitative estimate of drug-likeness (QED) is 0.784. The van der Waals surface area contributed by atoms with E-state index in [0.29, 0.717) is 6.10 Å². The van der Waals surface area contributed by atoms with Gasteiger partial charge in [0.15, 0.2) is 0 Å². The fraction of sp³-hybridized carbons (Fsp3) is 0.600. The standard InChI is InChI=1S/C10H15NOS/c1-8-6-13-7-10(8)12-9-3-2-4-11-5-9/h6-7,9,11H,2-5H2,1H3. The van der Waals surface area contributed by atoms with Crippen LogP contribution < -0.4 is 10.1 Å². The zero-order valence-corrected chi connectivity index (χ0v) is 8.69. The lowest BCUT2D eigenvalue weighted by atomic mass is 10.1. The van der Waals surface area contributed by atoms with E-state index in [0.717, 1.165) is 18.8 Å². The van der Waals surface area contributed by atoms with Crippen LogP contribution in [0.4, 0.5) is 0 Å². The van der Waals surface area contributed by atoms with Gasteiger partial charge in [0, 0.05) is 17.5 Å². The summed E-state index contributed by atoms with van der Waals surface area (Å²) >= 11 is 1.71. The maximum Gasteiger partial charge on any atom is 0.133 e. The van der Waals surface area contributed by atoms with Crippen LogP contribution in [-0.2, 0) is 0 Å². The highest BCUT2D eigenvalue weighted by Crippen LogP contribution is 2.24. The molecular weight excluding hydrogens is 182 g/mol. The summed E-state index contributed by atoms with van der Waals surface area (Å²) in [5, 5.41) is 7.56. The van der Waals surface area contributed by atoms with Crippen molar-refractivity contribution in [1.82, 2.24) is 5.32 Å². The van der Waals surface area contributed by atoms with Gasteiger partial charge in [-0.3, -0.25) is 0 Å². The fourth-order valence-corrected chi connectivity index (χ4v) is 2.32. The van der Waals surface area contributed by atoms with E-state index in [1.165, 1.54) is 18.4 Å². The smallest absolute Gasteiger partial charge is 0.133 e. The molecule has 0 amide bonds. The van der Waals surface area contributed by atoms with E-state index in [4.69, 9.17) is 4.74 Å². The second-order valence-corrected chi connectivity index (χ2v) is 4.25. The van der Waals surface area contributed by atoms with Crippen molar-refractivity contribution in [2.75, 3.05) is 13.1 Å². The molecule has 0 aromatic carbocycles. The first-order chi connectivity index (χ1) is 6.36. The largest absolute Gasteiger partial charge is 0.488 e. The minimum absolute atomic E-state index is 0.377. The minimum Gasteiger partial charge on any atom is -0.488 e. The highest BCUT2D eigenvalue weighted by atomic mass is 32.1. The van der Waals surface area contributed by atoms with Crippen molar-refractivity contribution in [1.29, 1.82) is 0 Å². The predicted octanol–water partition coefficient (Wildman–Crippen LogP) is 2.19. The van der Waals surface area contributed by atoms with Gasteiger partial charge in [0.1, 0.15) is 11.9 Å². The summed E-state index contributed by atoms with van der Waals surface area (Å²) in [7, 11) is 0. The molecule has 0 spiro atoms. The first kappa shape index (κ1) is 9.03. The molecule has 0 saturated carbocycles. The molecule has 1 aliphatic rings. The van der Waals surface area contributed by atoms with Gasteiger partial charge in [0.25, 0.3) is 0 Å². The Bertz CT molecular complexity index is 266. The van der Waals surface area contributed by atoms with E-state index >= 15 is 0 Å². The molecule has 1 saturated heterocycles. The predicted molar refractivity (Wildman–Crippen MR) is 55.6 cm³/mol. The van der Waals surface area contributed by atoms with E-state index in [2.05, 4.69) is 23.0 Å². The van der Waals surface area contributed by atoms with Gasteiger partial charge < -0.3 is 10.1 Å². The van der Waals surface area contributed by atoms with Crippen molar-refractivity contribution in [3.05, 3.63) is 16.3 Å². The zero-order chi connectivity index (χ0) is 9.10. The number of aryl methyl sites for hydroxylation is 1. The molecule has 1 aromatic heterocycles. The normalized spacial score (nSPS) is 23.0. The average molecular weight is 197 g/mol. The Balaban J connectivity index is 1.93. The van der Waals surface area contributed by atoms with Crippen LogP contribution in [0.15, 0.2) is 10.8 Å². The van der Waals surface area contributed by atoms with Crippen LogP contribution >= 0.6 is 11.3 Å². The second-order valence-electron chi connectivity index (χ2n) is 3.51. The Morgan fingerprint density at radius 2 is 2.46 bits per heavy atom. The molecule has 72 valence electrons. The number of ether oxygens (including phenoxy) is 1. The van der Waals surface area contributed by atoms with Gasteiger partial charge in [0.05, 0.1) is 0 Å². The first-order valence-corrected chi connectivity index (χ1v) is 5.70. The SMILES string of the molecule is Cc1cscc1OC1CCCNC1. The molecular formula is C10H15NOS. The summed E-state index contributed by atoms with van der Waals surface area (Å²) in [5.74, 6) is 1.07. The molecule has 1 unspecified atom stereocenters. The summed E-state index contributed by atoms with van der Waals surface area (Å²) in [4.78, 5) is 0. The third kappa shape index (κ3) is 2.23. The van der Waals surface area contributed by atoms with Crippen molar-refractivity contribution < 1.29 is 4.74 Å². The van der Waals surface area contributed by atoms with E-state index in [-0.39, 0.29) is 0 Å². The summed E-state index contributed by atoms with van der Waals surface area (Å²) < 4.78 is 5.87. The molecule has 13 heavy (non-hydrogen) atoms. The molecule has 1 fully saturated rings. The first-order valence-electron chi connectivity index (χ1n) is 4.76. The Kier molecular flexibility index (Phi) is 2.86. The van der Waals surface area contributed by atoms with E-state index in [9.17, 15) is 0 Å². The van der Waals surface area contributed by atoms with Crippen LogP contribution in [0.1, 0.15) is 18.4 Å². The van der Waals surface area contributed by atoms with E-state index in [1.807, 2.05) is 0 Å². The highest BCUT2D eigenvalue weighted by molar-refractivity contribution is 7.08.